The summed E-state index contributed by atoms with van der Waals surface area (Å²) in [6.07, 6.45) is 9.05. The van der Waals surface area contributed by atoms with Crippen LogP contribution in [-0.2, 0) is 18.4 Å². The number of pyridine rings is 3. The average molecular weight is 419 g/mol. The van der Waals surface area contributed by atoms with Gasteiger partial charge in [0.25, 0.3) is 0 Å². The van der Waals surface area contributed by atoms with Gasteiger partial charge in [-0.2, -0.15) is 0 Å². The van der Waals surface area contributed by atoms with E-state index in [4.69, 9.17) is 4.98 Å². The minimum Gasteiger partial charge on any atom is -0.294 e. The molecule has 1 aliphatic rings. The molecule has 31 heavy (non-hydrogen) atoms. The number of halogens is 1. The number of rotatable bonds is 6. The summed E-state index contributed by atoms with van der Waals surface area (Å²) in [5.74, 6) is -0.288. The van der Waals surface area contributed by atoms with Crippen LogP contribution in [0.15, 0.2) is 61.1 Å². The van der Waals surface area contributed by atoms with Crippen LogP contribution in [0.5, 0.6) is 0 Å². The minimum atomic E-state index is -0.288. The van der Waals surface area contributed by atoms with Crippen LogP contribution in [0, 0.1) is 12.7 Å². The van der Waals surface area contributed by atoms with E-state index in [-0.39, 0.29) is 11.2 Å². The highest BCUT2D eigenvalue weighted by Crippen LogP contribution is 2.43. The molecular weight excluding hydrogens is 387 g/mol. The topological polar surface area (TPSA) is 41.9 Å². The van der Waals surface area contributed by atoms with Gasteiger partial charge in [0.1, 0.15) is 5.82 Å². The van der Waals surface area contributed by atoms with Gasteiger partial charge in [-0.1, -0.05) is 12.1 Å². The molecule has 4 nitrogen and oxygen atoms in total. The average Bonchev–Trinajstić information content (AvgIpc) is 2.78. The van der Waals surface area contributed by atoms with Crippen molar-refractivity contribution >= 4 is 0 Å². The van der Waals surface area contributed by atoms with Crippen molar-refractivity contribution < 1.29 is 4.39 Å². The molecule has 0 saturated carbocycles. The Morgan fingerprint density at radius 3 is 2.39 bits per heavy atom. The highest BCUT2D eigenvalue weighted by molar-refractivity contribution is 5.22. The molecule has 0 aliphatic carbocycles. The summed E-state index contributed by atoms with van der Waals surface area (Å²) in [6.45, 7) is 7.58. The summed E-state index contributed by atoms with van der Waals surface area (Å²) in [5, 5.41) is 0. The number of aryl methyl sites for hydroxylation is 2. The number of hydrogen-bond donors (Lipinski definition) is 0. The molecule has 0 unspecified atom stereocenters. The SMILES string of the molecule is Cc1ccc(CN2[C@@H](C)CC(CCc3ccc(F)cn3)(c3ccccn3)C[C@@H]2C)cn1. The van der Waals surface area contributed by atoms with E-state index in [0.29, 0.717) is 12.1 Å². The second kappa shape index (κ2) is 9.23. The third-order valence-corrected chi connectivity index (χ3v) is 6.70. The van der Waals surface area contributed by atoms with Crippen molar-refractivity contribution in [3.8, 4) is 0 Å². The zero-order valence-electron chi connectivity index (χ0n) is 18.6. The summed E-state index contributed by atoms with van der Waals surface area (Å²) < 4.78 is 13.3. The predicted octanol–water partition coefficient (Wildman–Crippen LogP) is 5.26. The number of piperidine rings is 1. The first kappa shape index (κ1) is 21.6. The molecule has 1 saturated heterocycles. The molecule has 0 aromatic carbocycles. The van der Waals surface area contributed by atoms with Crippen molar-refractivity contribution in [3.05, 3.63) is 89.5 Å². The predicted molar refractivity (Wildman–Crippen MR) is 121 cm³/mol. The number of nitrogens with zero attached hydrogens (tertiary/aromatic N) is 4. The zero-order valence-corrected chi connectivity index (χ0v) is 18.6. The summed E-state index contributed by atoms with van der Waals surface area (Å²) >= 11 is 0. The first-order valence-electron chi connectivity index (χ1n) is 11.1. The summed E-state index contributed by atoms with van der Waals surface area (Å²) in [5.41, 5.74) is 4.38. The van der Waals surface area contributed by atoms with Crippen molar-refractivity contribution in [1.29, 1.82) is 0 Å². The third-order valence-electron chi connectivity index (χ3n) is 6.70. The lowest BCUT2D eigenvalue weighted by Gasteiger charge is -2.49. The Morgan fingerprint density at radius 1 is 0.968 bits per heavy atom. The Hall–Kier alpha value is -2.66. The Labute approximate surface area is 184 Å². The maximum absolute atomic E-state index is 13.3. The molecular formula is C26H31FN4. The lowest BCUT2D eigenvalue weighted by atomic mass is 9.67. The fourth-order valence-corrected chi connectivity index (χ4v) is 5.14. The number of hydrogen-bond acceptors (Lipinski definition) is 4. The lowest BCUT2D eigenvalue weighted by molar-refractivity contribution is 0.0403. The van der Waals surface area contributed by atoms with Crippen LogP contribution in [0.2, 0.25) is 0 Å². The fraction of sp³-hybridized carbons (Fsp3) is 0.423. The van der Waals surface area contributed by atoms with Crippen LogP contribution in [0.4, 0.5) is 4.39 Å². The number of likely N-dealkylation sites (tertiary alicyclic amines) is 1. The van der Waals surface area contributed by atoms with Crippen molar-refractivity contribution in [3.63, 3.8) is 0 Å². The molecule has 1 fully saturated rings. The lowest BCUT2D eigenvalue weighted by Crippen LogP contribution is -2.52. The molecule has 3 aromatic rings. The van der Waals surface area contributed by atoms with Crippen molar-refractivity contribution in [2.24, 2.45) is 0 Å². The van der Waals surface area contributed by atoms with Gasteiger partial charge in [-0.3, -0.25) is 19.9 Å². The van der Waals surface area contributed by atoms with E-state index in [9.17, 15) is 4.39 Å². The van der Waals surface area contributed by atoms with Crippen molar-refractivity contribution in [2.75, 3.05) is 0 Å². The normalized spacial score (nSPS) is 24.3. The second-order valence-electron chi connectivity index (χ2n) is 9.05. The van der Waals surface area contributed by atoms with Crippen LogP contribution in [0.25, 0.3) is 0 Å². The molecule has 3 aromatic heterocycles. The Kier molecular flexibility index (Phi) is 6.42. The molecule has 0 N–H and O–H groups in total. The molecule has 4 rings (SSSR count). The van der Waals surface area contributed by atoms with E-state index >= 15 is 0 Å². The van der Waals surface area contributed by atoms with Gasteiger partial charge in [0.2, 0.25) is 0 Å². The van der Waals surface area contributed by atoms with Gasteiger partial charge in [0.15, 0.2) is 0 Å². The quantitative estimate of drug-likeness (QED) is 0.547. The highest BCUT2D eigenvalue weighted by atomic mass is 19.1. The van der Waals surface area contributed by atoms with Crippen LogP contribution < -0.4 is 0 Å². The van der Waals surface area contributed by atoms with Gasteiger partial charge in [0.05, 0.1) is 6.20 Å². The van der Waals surface area contributed by atoms with Gasteiger partial charge >= 0.3 is 0 Å². The van der Waals surface area contributed by atoms with E-state index in [1.54, 1.807) is 6.07 Å². The third kappa shape index (κ3) is 4.99. The smallest absolute Gasteiger partial charge is 0.141 e. The highest BCUT2D eigenvalue weighted by Gasteiger charge is 2.43. The van der Waals surface area contributed by atoms with Gasteiger partial charge < -0.3 is 0 Å². The molecule has 1 aliphatic heterocycles. The summed E-state index contributed by atoms with van der Waals surface area (Å²) in [7, 11) is 0. The Morgan fingerprint density at radius 2 is 1.77 bits per heavy atom. The molecule has 5 heteroatoms. The van der Waals surface area contributed by atoms with Gasteiger partial charge in [-0.15, -0.1) is 0 Å². The second-order valence-corrected chi connectivity index (χ2v) is 9.05. The van der Waals surface area contributed by atoms with Crippen molar-refractivity contribution in [2.45, 2.75) is 70.5 Å². The van der Waals surface area contributed by atoms with Gasteiger partial charge in [0, 0.05) is 53.5 Å². The maximum atomic E-state index is 13.3. The van der Waals surface area contributed by atoms with E-state index in [2.05, 4.69) is 53.0 Å². The Bertz CT molecular complexity index is 961. The molecule has 4 heterocycles. The van der Waals surface area contributed by atoms with Gasteiger partial charge in [-0.25, -0.2) is 4.39 Å². The molecule has 0 amide bonds. The molecule has 0 bridgehead atoms. The maximum Gasteiger partial charge on any atom is 0.141 e. The van der Waals surface area contributed by atoms with Crippen LogP contribution in [-0.4, -0.2) is 31.9 Å². The zero-order chi connectivity index (χ0) is 21.8. The van der Waals surface area contributed by atoms with Gasteiger partial charge in [-0.05, 0) is 82.3 Å². The Balaban J connectivity index is 1.56. The van der Waals surface area contributed by atoms with Crippen LogP contribution in [0.1, 0.15) is 55.8 Å². The molecule has 162 valence electrons. The van der Waals surface area contributed by atoms with E-state index in [0.717, 1.165) is 49.3 Å². The molecule has 2 atom stereocenters. The molecule has 0 radical (unpaired) electrons. The van der Waals surface area contributed by atoms with Crippen molar-refractivity contribution in [1.82, 2.24) is 19.9 Å². The first-order chi connectivity index (χ1) is 14.9. The monoisotopic (exact) mass is 418 g/mol. The first-order valence-corrected chi connectivity index (χ1v) is 11.1. The van der Waals surface area contributed by atoms with Crippen LogP contribution >= 0.6 is 0 Å². The van der Waals surface area contributed by atoms with E-state index in [1.807, 2.05) is 25.4 Å². The van der Waals surface area contributed by atoms with Crippen LogP contribution in [0.3, 0.4) is 0 Å². The minimum absolute atomic E-state index is 0.0157. The number of aromatic nitrogens is 3. The van der Waals surface area contributed by atoms with E-state index < -0.39 is 0 Å². The summed E-state index contributed by atoms with van der Waals surface area (Å²) in [4.78, 5) is 16.1. The molecule has 0 spiro atoms. The largest absolute Gasteiger partial charge is 0.294 e. The van der Waals surface area contributed by atoms with E-state index in [1.165, 1.54) is 17.8 Å². The standard InChI is InChI=1S/C26H31FN4/c1-19-7-8-22(16-29-19)18-31-20(2)14-26(15-21(31)3,25-6-4-5-13-28-25)12-11-24-10-9-23(27)17-30-24/h4-10,13,16-17,20-21H,11-12,14-15,18H2,1-3H3/t20-,21-/m0/s1. The fourth-order valence-electron chi connectivity index (χ4n) is 5.14. The summed E-state index contributed by atoms with van der Waals surface area (Å²) in [6, 6.07) is 14.6.